The van der Waals surface area contributed by atoms with Gasteiger partial charge in [0.05, 0.1) is 40.2 Å². The second-order valence-electron chi connectivity index (χ2n) is 9.96. The molecule has 2 N–H and O–H groups in total. The van der Waals surface area contributed by atoms with Gasteiger partial charge in [0.25, 0.3) is 15.9 Å². The third-order valence-electron chi connectivity index (χ3n) is 6.95. The summed E-state index contributed by atoms with van der Waals surface area (Å²) < 4.78 is 76.2. The smallest absolute Gasteiger partial charge is 0.262 e. The van der Waals surface area contributed by atoms with Crippen molar-refractivity contribution in [1.82, 2.24) is 9.21 Å². The van der Waals surface area contributed by atoms with E-state index in [1.54, 1.807) is 32.0 Å². The van der Waals surface area contributed by atoms with E-state index in [0.717, 1.165) is 28.6 Å². The number of aliphatic hydroxyl groups is 1. The first-order valence-electron chi connectivity index (χ1n) is 12.9. The molecule has 1 amide bonds. The van der Waals surface area contributed by atoms with Gasteiger partial charge in [0.2, 0.25) is 10.0 Å². The summed E-state index contributed by atoms with van der Waals surface area (Å²) in [6.45, 7) is 3.17. The van der Waals surface area contributed by atoms with Crippen LogP contribution >= 0.6 is 0 Å². The Balaban J connectivity index is 1.76. The predicted octanol–water partition coefficient (Wildman–Crippen LogP) is 3.17. The average Bonchev–Trinajstić information content (AvgIpc) is 2.95. The molecule has 3 atom stereocenters. The Bertz CT molecular complexity index is 1600. The molecule has 3 aromatic rings. The lowest BCUT2D eigenvalue weighted by atomic mass is 9.99. The fourth-order valence-corrected chi connectivity index (χ4v) is 6.75. The van der Waals surface area contributed by atoms with Gasteiger partial charge in [-0.15, -0.1) is 0 Å². The van der Waals surface area contributed by atoms with Crippen LogP contribution in [0.1, 0.15) is 24.2 Å². The molecule has 3 aromatic carbocycles. The van der Waals surface area contributed by atoms with E-state index >= 15 is 0 Å². The maximum atomic E-state index is 13.6. The first kappa shape index (κ1) is 30.4. The Morgan fingerprint density at radius 3 is 2.32 bits per heavy atom. The number of ether oxygens (including phenoxy) is 1. The van der Waals surface area contributed by atoms with E-state index in [9.17, 15) is 31.1 Å². The van der Waals surface area contributed by atoms with Crippen molar-refractivity contribution in [3.05, 3.63) is 84.2 Å². The van der Waals surface area contributed by atoms with Crippen LogP contribution in [0.15, 0.2) is 82.6 Å². The highest BCUT2D eigenvalue weighted by Crippen LogP contribution is 2.36. The number of halogens is 1. The van der Waals surface area contributed by atoms with Crippen LogP contribution in [0.5, 0.6) is 5.75 Å². The largest absolute Gasteiger partial charge is 0.486 e. The third kappa shape index (κ3) is 6.53. The minimum atomic E-state index is -4.22. The summed E-state index contributed by atoms with van der Waals surface area (Å²) in [7, 11) is -6.69. The maximum Gasteiger partial charge on any atom is 0.262 e. The van der Waals surface area contributed by atoms with Crippen molar-refractivity contribution in [2.24, 2.45) is 5.92 Å². The van der Waals surface area contributed by atoms with Crippen LogP contribution in [0.2, 0.25) is 0 Å². The highest BCUT2D eigenvalue weighted by atomic mass is 32.2. The molecule has 13 heteroatoms. The molecule has 0 saturated carbocycles. The molecule has 0 saturated heterocycles. The van der Waals surface area contributed by atoms with Crippen LogP contribution in [0.3, 0.4) is 0 Å². The standard InChI is InChI=1S/C28H32FN3O7S2/c1-19-16-32(20(2)18-33)28(34)24-10-7-11-25(30-40(35,36)22-14-12-21(29)13-15-22)27(24)39-26(19)17-31(3)41(37,38)23-8-5-4-6-9-23/h4-15,19-20,26,30,33H,16-18H2,1-3H3/t19-,20-,26-/m0/s1. The summed E-state index contributed by atoms with van der Waals surface area (Å²) in [5.41, 5.74) is -0.0143. The molecule has 0 aromatic heterocycles. The number of aliphatic hydroxyl groups excluding tert-OH is 1. The van der Waals surface area contributed by atoms with Gasteiger partial charge in [-0.25, -0.2) is 21.2 Å². The van der Waals surface area contributed by atoms with Gasteiger partial charge >= 0.3 is 0 Å². The highest BCUT2D eigenvalue weighted by molar-refractivity contribution is 7.92. The summed E-state index contributed by atoms with van der Waals surface area (Å²) in [6.07, 6.45) is -0.824. The van der Waals surface area contributed by atoms with Gasteiger partial charge < -0.3 is 14.7 Å². The van der Waals surface area contributed by atoms with Crippen molar-refractivity contribution in [2.45, 2.75) is 35.8 Å². The van der Waals surface area contributed by atoms with Gasteiger partial charge in [-0.2, -0.15) is 4.31 Å². The molecule has 4 rings (SSSR count). The van der Waals surface area contributed by atoms with Crippen LogP contribution in [0.4, 0.5) is 10.1 Å². The summed E-state index contributed by atoms with van der Waals surface area (Å²) in [5.74, 6) is -1.61. The number of hydrogen-bond donors (Lipinski definition) is 2. The number of nitrogens with one attached hydrogen (secondary N) is 1. The van der Waals surface area contributed by atoms with E-state index in [0.29, 0.717) is 0 Å². The Morgan fingerprint density at radius 2 is 1.68 bits per heavy atom. The fraction of sp³-hybridized carbons (Fsp3) is 0.321. The van der Waals surface area contributed by atoms with E-state index < -0.39 is 49.8 Å². The lowest BCUT2D eigenvalue weighted by Crippen LogP contribution is -2.50. The molecule has 0 unspecified atom stereocenters. The zero-order valence-electron chi connectivity index (χ0n) is 22.8. The number of nitrogens with zero attached hydrogens (tertiary/aromatic N) is 2. The Hall–Kier alpha value is -3.52. The molecule has 1 aliphatic rings. The minimum absolute atomic E-state index is 0.0371. The second kappa shape index (κ2) is 12.1. The van der Waals surface area contributed by atoms with Gasteiger partial charge in [0, 0.05) is 19.5 Å². The number of benzene rings is 3. The molecule has 41 heavy (non-hydrogen) atoms. The number of carbonyl (C=O) groups is 1. The summed E-state index contributed by atoms with van der Waals surface area (Å²) in [6, 6.07) is 15.9. The highest BCUT2D eigenvalue weighted by Gasteiger charge is 2.36. The monoisotopic (exact) mass is 605 g/mol. The van der Waals surface area contributed by atoms with Crippen LogP contribution in [-0.4, -0.2) is 75.9 Å². The van der Waals surface area contributed by atoms with E-state index in [2.05, 4.69) is 4.72 Å². The number of likely N-dealkylation sites (N-methyl/N-ethyl adjacent to an activating group) is 1. The predicted molar refractivity (Wildman–Crippen MR) is 151 cm³/mol. The molecular weight excluding hydrogens is 573 g/mol. The van der Waals surface area contributed by atoms with Crippen molar-refractivity contribution in [2.75, 3.05) is 31.5 Å². The summed E-state index contributed by atoms with van der Waals surface area (Å²) in [4.78, 5) is 15.0. The first-order valence-corrected chi connectivity index (χ1v) is 15.8. The topological polar surface area (TPSA) is 133 Å². The van der Waals surface area contributed by atoms with Crippen molar-refractivity contribution in [3.63, 3.8) is 0 Å². The molecular formula is C28H32FN3O7S2. The number of fused-ring (bicyclic) bond motifs is 1. The Kier molecular flexibility index (Phi) is 9.02. The zero-order chi connectivity index (χ0) is 29.9. The van der Waals surface area contributed by atoms with Crippen LogP contribution in [-0.2, 0) is 20.0 Å². The molecule has 10 nitrogen and oxygen atoms in total. The SMILES string of the molecule is C[C@H]1CN([C@@H](C)CO)C(=O)c2cccc(NS(=O)(=O)c3ccc(F)cc3)c2O[C@H]1CN(C)S(=O)(=O)c1ccccc1. The Labute approximate surface area is 239 Å². The van der Waals surface area contributed by atoms with E-state index in [1.807, 2.05) is 0 Å². The van der Waals surface area contributed by atoms with Gasteiger partial charge in [0.15, 0.2) is 5.75 Å². The number of sulfonamides is 2. The minimum Gasteiger partial charge on any atom is -0.486 e. The van der Waals surface area contributed by atoms with E-state index in [4.69, 9.17) is 4.74 Å². The summed E-state index contributed by atoms with van der Waals surface area (Å²) in [5, 5.41) is 9.87. The normalized spacial score (nSPS) is 18.7. The van der Waals surface area contributed by atoms with Crippen molar-refractivity contribution in [1.29, 1.82) is 0 Å². The lowest BCUT2D eigenvalue weighted by molar-refractivity contribution is 0.0389. The second-order valence-corrected chi connectivity index (χ2v) is 13.7. The number of hydrogen-bond acceptors (Lipinski definition) is 7. The van der Waals surface area contributed by atoms with Crippen molar-refractivity contribution < 1.29 is 35.9 Å². The fourth-order valence-electron chi connectivity index (χ4n) is 4.48. The third-order valence-corrected chi connectivity index (χ3v) is 10.2. The number of para-hydroxylation sites is 1. The molecule has 1 heterocycles. The van der Waals surface area contributed by atoms with E-state index in [-0.39, 0.29) is 46.5 Å². The molecule has 0 bridgehead atoms. The number of rotatable bonds is 9. The number of amides is 1. The lowest BCUT2D eigenvalue weighted by Gasteiger charge is -2.38. The van der Waals surface area contributed by atoms with Gasteiger partial charge in [-0.3, -0.25) is 9.52 Å². The van der Waals surface area contributed by atoms with E-state index in [1.165, 1.54) is 42.3 Å². The quantitative estimate of drug-likeness (QED) is 0.383. The van der Waals surface area contributed by atoms with Crippen molar-refractivity contribution in [3.8, 4) is 5.75 Å². The maximum absolute atomic E-state index is 13.6. The first-order chi connectivity index (χ1) is 19.3. The number of carbonyl (C=O) groups excluding carboxylic acids is 1. The molecule has 0 radical (unpaired) electrons. The zero-order valence-corrected chi connectivity index (χ0v) is 24.4. The average molecular weight is 606 g/mol. The number of anilines is 1. The van der Waals surface area contributed by atoms with Gasteiger partial charge in [0.1, 0.15) is 11.9 Å². The van der Waals surface area contributed by atoms with Gasteiger partial charge in [-0.1, -0.05) is 31.2 Å². The van der Waals surface area contributed by atoms with Crippen LogP contribution in [0.25, 0.3) is 0 Å². The molecule has 0 spiro atoms. The van der Waals surface area contributed by atoms with Crippen molar-refractivity contribution >= 4 is 31.6 Å². The summed E-state index contributed by atoms with van der Waals surface area (Å²) >= 11 is 0. The molecule has 220 valence electrons. The Morgan fingerprint density at radius 1 is 1.02 bits per heavy atom. The molecule has 0 aliphatic carbocycles. The molecule has 0 fully saturated rings. The molecule has 1 aliphatic heterocycles. The van der Waals surface area contributed by atoms with Crippen LogP contribution in [0, 0.1) is 11.7 Å². The van der Waals surface area contributed by atoms with Crippen LogP contribution < -0.4 is 9.46 Å². The van der Waals surface area contributed by atoms with Gasteiger partial charge in [-0.05, 0) is 55.5 Å².